The fourth-order valence-corrected chi connectivity index (χ4v) is 4.07. The second kappa shape index (κ2) is 12.4. The van der Waals surface area contributed by atoms with Crippen LogP contribution in [0.25, 0.3) is 0 Å². The maximum Gasteiger partial charge on any atom is 0.213 e. The zero-order chi connectivity index (χ0) is 18.9. The van der Waals surface area contributed by atoms with Gasteiger partial charge in [0.15, 0.2) is 5.96 Å². The maximum absolute atomic E-state index is 12.1. The molecule has 2 atom stereocenters. The van der Waals surface area contributed by atoms with Crippen LogP contribution in [0, 0.1) is 0 Å². The van der Waals surface area contributed by atoms with Gasteiger partial charge in [-0.15, -0.1) is 24.0 Å². The summed E-state index contributed by atoms with van der Waals surface area (Å²) in [4.78, 5) is 4.54. The molecule has 2 heterocycles. The normalized spacial score (nSPS) is 26.4. The zero-order valence-electron chi connectivity index (χ0n) is 16.5. The third-order valence-electron chi connectivity index (χ3n) is 4.68. The number of ether oxygens (including phenoxy) is 2. The van der Waals surface area contributed by atoms with Crippen molar-refractivity contribution in [3.05, 3.63) is 0 Å². The average Bonchev–Trinajstić information content (AvgIpc) is 3.06. The largest absolute Gasteiger partial charge is 0.377 e. The van der Waals surface area contributed by atoms with E-state index in [4.69, 9.17) is 9.47 Å². The van der Waals surface area contributed by atoms with Gasteiger partial charge in [0.25, 0.3) is 0 Å². The van der Waals surface area contributed by atoms with Crippen molar-refractivity contribution in [1.82, 2.24) is 15.4 Å². The summed E-state index contributed by atoms with van der Waals surface area (Å²) in [5.41, 5.74) is -0.212. The van der Waals surface area contributed by atoms with E-state index >= 15 is 0 Å². The van der Waals surface area contributed by atoms with Crippen LogP contribution in [0.4, 0.5) is 0 Å². The summed E-state index contributed by atoms with van der Waals surface area (Å²) in [5.74, 6) is 0.618. The molecule has 3 N–H and O–H groups in total. The van der Waals surface area contributed by atoms with Gasteiger partial charge in [-0.3, -0.25) is 4.99 Å². The smallest absolute Gasteiger partial charge is 0.213 e. The minimum Gasteiger partial charge on any atom is -0.377 e. The lowest BCUT2D eigenvalue weighted by Crippen LogP contribution is -2.43. The van der Waals surface area contributed by atoms with Crippen LogP contribution in [0.3, 0.4) is 0 Å². The molecule has 2 saturated heterocycles. The van der Waals surface area contributed by atoms with Crippen LogP contribution in [-0.4, -0.2) is 71.2 Å². The molecule has 0 bridgehead atoms. The van der Waals surface area contributed by atoms with Crippen LogP contribution >= 0.6 is 24.0 Å². The van der Waals surface area contributed by atoms with Gasteiger partial charge in [-0.25, -0.2) is 13.1 Å². The lowest BCUT2D eigenvalue weighted by Gasteiger charge is -2.23. The molecule has 0 spiro atoms. The number of rotatable bonds is 9. The van der Waals surface area contributed by atoms with Crippen LogP contribution in [0.5, 0.6) is 0 Å². The lowest BCUT2D eigenvalue weighted by molar-refractivity contribution is 0.0200. The Balaban J connectivity index is 0.00000364. The number of halogens is 1. The lowest BCUT2D eigenvalue weighted by atomic mass is 10.0. The summed E-state index contributed by atoms with van der Waals surface area (Å²) in [6.07, 6.45) is 5.13. The predicted molar refractivity (Wildman–Crippen MR) is 118 cm³/mol. The van der Waals surface area contributed by atoms with Crippen LogP contribution in [0.15, 0.2) is 4.99 Å². The molecule has 27 heavy (non-hydrogen) atoms. The minimum atomic E-state index is -3.33. The summed E-state index contributed by atoms with van der Waals surface area (Å²) < 4.78 is 38.2. The number of guanidine groups is 1. The first-order valence-electron chi connectivity index (χ1n) is 9.67. The monoisotopic (exact) mass is 518 g/mol. The molecule has 2 unspecified atom stereocenters. The molecule has 0 aliphatic carbocycles. The number of hydrogen-bond donors (Lipinski definition) is 3. The maximum atomic E-state index is 12.1. The number of aliphatic imine (C=N–C) groups is 1. The van der Waals surface area contributed by atoms with E-state index in [1.54, 1.807) is 0 Å². The van der Waals surface area contributed by atoms with Gasteiger partial charge < -0.3 is 20.1 Å². The van der Waals surface area contributed by atoms with E-state index in [2.05, 4.69) is 27.3 Å². The van der Waals surface area contributed by atoms with Gasteiger partial charge in [0, 0.05) is 32.8 Å². The molecule has 0 amide bonds. The first-order chi connectivity index (χ1) is 12.4. The molecule has 2 aliphatic heterocycles. The molecule has 2 fully saturated rings. The number of nitrogens with zero attached hydrogens (tertiary/aromatic N) is 1. The van der Waals surface area contributed by atoms with E-state index < -0.39 is 10.0 Å². The Kier molecular flexibility index (Phi) is 11.4. The van der Waals surface area contributed by atoms with Crippen molar-refractivity contribution < 1.29 is 17.9 Å². The molecular weight excluding hydrogens is 483 g/mol. The van der Waals surface area contributed by atoms with Gasteiger partial charge >= 0.3 is 0 Å². The van der Waals surface area contributed by atoms with E-state index in [-0.39, 0.29) is 41.4 Å². The molecule has 10 heteroatoms. The molecule has 0 aromatic carbocycles. The SMILES string of the molecule is CCNC(=NCC1(C)CCCO1)NCCS(=O)(=O)NCC1CCCCO1.I. The Hall–Kier alpha value is -0.170. The number of sulfonamides is 1. The average molecular weight is 518 g/mol. The van der Waals surface area contributed by atoms with Crippen molar-refractivity contribution in [2.75, 3.05) is 45.1 Å². The fraction of sp³-hybridized carbons (Fsp3) is 0.941. The van der Waals surface area contributed by atoms with Crippen molar-refractivity contribution >= 4 is 40.0 Å². The Labute approximate surface area is 180 Å². The van der Waals surface area contributed by atoms with Gasteiger partial charge in [0.2, 0.25) is 10.0 Å². The minimum absolute atomic E-state index is 0. The third-order valence-corrected chi connectivity index (χ3v) is 6.03. The molecule has 8 nitrogen and oxygen atoms in total. The molecule has 0 aromatic rings. The van der Waals surface area contributed by atoms with E-state index in [0.29, 0.717) is 32.1 Å². The molecule has 2 rings (SSSR count). The van der Waals surface area contributed by atoms with E-state index in [0.717, 1.165) is 45.3 Å². The van der Waals surface area contributed by atoms with Crippen molar-refractivity contribution in [3.63, 3.8) is 0 Å². The van der Waals surface area contributed by atoms with Gasteiger partial charge in [-0.05, 0) is 46.0 Å². The predicted octanol–water partition coefficient (Wildman–Crippen LogP) is 1.22. The second-order valence-electron chi connectivity index (χ2n) is 7.18. The van der Waals surface area contributed by atoms with Gasteiger partial charge in [-0.1, -0.05) is 0 Å². The third kappa shape index (κ3) is 9.73. The van der Waals surface area contributed by atoms with Crippen molar-refractivity contribution in [1.29, 1.82) is 0 Å². The highest BCUT2D eigenvalue weighted by atomic mass is 127. The quantitative estimate of drug-likeness (QED) is 0.241. The van der Waals surface area contributed by atoms with Gasteiger partial charge in [0.05, 0.1) is 24.0 Å². The standard InChI is InChI=1S/C17H34N4O4S.HI/c1-3-18-16(20-14-17(2)8-6-11-25-17)19-9-12-26(22,23)21-13-15-7-4-5-10-24-15;/h15,21H,3-14H2,1-2H3,(H2,18,19,20);1H. The van der Waals surface area contributed by atoms with Crippen molar-refractivity contribution in [2.45, 2.75) is 57.7 Å². The van der Waals surface area contributed by atoms with Crippen LogP contribution < -0.4 is 15.4 Å². The fourth-order valence-electron chi connectivity index (χ4n) is 3.11. The first kappa shape index (κ1) is 24.9. The summed E-state index contributed by atoms with van der Waals surface area (Å²) in [7, 11) is -3.33. The summed E-state index contributed by atoms with van der Waals surface area (Å²) in [6, 6.07) is 0. The Morgan fingerprint density at radius 3 is 2.67 bits per heavy atom. The highest BCUT2D eigenvalue weighted by Gasteiger charge is 2.29. The Morgan fingerprint density at radius 1 is 1.22 bits per heavy atom. The van der Waals surface area contributed by atoms with Crippen molar-refractivity contribution in [3.8, 4) is 0 Å². The van der Waals surface area contributed by atoms with Crippen molar-refractivity contribution in [2.24, 2.45) is 4.99 Å². The molecule has 160 valence electrons. The molecular formula is C17H35IN4O4S. The molecule has 0 aromatic heterocycles. The highest BCUT2D eigenvalue weighted by molar-refractivity contribution is 14.0. The van der Waals surface area contributed by atoms with Crippen LogP contribution in [0.2, 0.25) is 0 Å². The van der Waals surface area contributed by atoms with Gasteiger partial charge in [0.1, 0.15) is 0 Å². The molecule has 0 radical (unpaired) electrons. The topological polar surface area (TPSA) is 101 Å². The second-order valence-corrected chi connectivity index (χ2v) is 9.11. The number of hydrogen-bond acceptors (Lipinski definition) is 5. The van der Waals surface area contributed by atoms with Gasteiger partial charge in [-0.2, -0.15) is 0 Å². The summed E-state index contributed by atoms with van der Waals surface area (Å²) >= 11 is 0. The van der Waals surface area contributed by atoms with Crippen LogP contribution in [-0.2, 0) is 19.5 Å². The summed E-state index contributed by atoms with van der Waals surface area (Å²) in [6.45, 7) is 7.47. The first-order valence-corrected chi connectivity index (χ1v) is 11.3. The molecule has 0 saturated carbocycles. The summed E-state index contributed by atoms with van der Waals surface area (Å²) in [5, 5.41) is 6.23. The van der Waals surface area contributed by atoms with Crippen LogP contribution in [0.1, 0.15) is 46.0 Å². The Bertz CT molecular complexity index is 547. The van der Waals surface area contributed by atoms with E-state index in [1.165, 1.54) is 0 Å². The molecule has 2 aliphatic rings. The zero-order valence-corrected chi connectivity index (χ0v) is 19.6. The Morgan fingerprint density at radius 2 is 2.04 bits per heavy atom. The van der Waals surface area contributed by atoms with E-state index in [9.17, 15) is 8.42 Å². The number of nitrogens with one attached hydrogen (secondary N) is 3. The highest BCUT2D eigenvalue weighted by Crippen LogP contribution is 2.24. The van der Waals surface area contributed by atoms with E-state index in [1.807, 2.05) is 6.92 Å².